The Balaban J connectivity index is 1.42. The highest BCUT2D eigenvalue weighted by Gasteiger charge is 2.41. The van der Waals surface area contributed by atoms with E-state index in [1.165, 1.54) is 24.2 Å². The first-order chi connectivity index (χ1) is 24.1. The maximum Gasteiger partial charge on any atom is 0.352 e. The van der Waals surface area contributed by atoms with Crippen LogP contribution < -0.4 is 19.7 Å². The van der Waals surface area contributed by atoms with Crippen molar-refractivity contribution < 1.29 is 57.6 Å². The lowest BCUT2D eigenvalue weighted by molar-refractivity contribution is -0.189. The number of fused-ring (bicyclic) bond motifs is 1. The summed E-state index contributed by atoms with van der Waals surface area (Å²) in [4.78, 5) is 79.3. The fourth-order valence-corrected chi connectivity index (χ4v) is 4.58. The zero-order valence-electron chi connectivity index (χ0n) is 28.3. The second-order valence-electron chi connectivity index (χ2n) is 11.8. The number of likely N-dealkylation sites (N-methyl/N-ethyl adjacent to an activating group) is 1. The van der Waals surface area contributed by atoms with Crippen molar-refractivity contribution in [3.8, 4) is 29.1 Å². The second kappa shape index (κ2) is 16.3. The minimum Gasteiger partial charge on any atom is -0.489 e. The summed E-state index contributed by atoms with van der Waals surface area (Å²) in [7, 11) is 1.53. The Bertz CT molecular complexity index is 1880. The molecule has 0 radical (unpaired) electrons. The SMILES string of the molecule is CC(=O)O[C@@H](C(=O)O)[C@@H](OC(C)=O)C(=O)OCC(C)(C)C#Cc1ccc2c(c1)N(C)C(=O)[C@H](NC(=O)c1cc(Oc3ccccc3)ccn1)CO2. The average molecular weight is 702 g/mol. The predicted molar refractivity (Wildman–Crippen MR) is 178 cm³/mol. The number of rotatable bonds is 11. The van der Waals surface area contributed by atoms with Gasteiger partial charge in [0.05, 0.1) is 11.1 Å². The zero-order valence-corrected chi connectivity index (χ0v) is 28.3. The van der Waals surface area contributed by atoms with Gasteiger partial charge in [0.2, 0.25) is 12.2 Å². The number of aliphatic carboxylic acids is 1. The Morgan fingerprint density at radius 1 is 1.00 bits per heavy atom. The first-order valence-corrected chi connectivity index (χ1v) is 15.4. The third-order valence-electron chi connectivity index (χ3n) is 7.06. The summed E-state index contributed by atoms with van der Waals surface area (Å²) in [5.41, 5.74) is -0.107. The van der Waals surface area contributed by atoms with Crippen molar-refractivity contribution in [1.29, 1.82) is 0 Å². The van der Waals surface area contributed by atoms with Gasteiger partial charge in [0.15, 0.2) is 0 Å². The number of carbonyl (C=O) groups excluding carboxylic acids is 5. The number of anilines is 1. The summed E-state index contributed by atoms with van der Waals surface area (Å²) in [5.74, 6) is 1.24. The van der Waals surface area contributed by atoms with Crippen LogP contribution in [0.15, 0.2) is 66.9 Å². The third-order valence-corrected chi connectivity index (χ3v) is 7.06. The number of hydrogen-bond donors (Lipinski definition) is 2. The molecule has 0 spiro atoms. The molecule has 0 saturated heterocycles. The van der Waals surface area contributed by atoms with Crippen LogP contribution in [0.25, 0.3) is 0 Å². The molecule has 4 rings (SSSR count). The van der Waals surface area contributed by atoms with Gasteiger partial charge in [-0.3, -0.25) is 24.2 Å². The second-order valence-corrected chi connectivity index (χ2v) is 11.8. The van der Waals surface area contributed by atoms with E-state index in [9.17, 15) is 33.9 Å². The Labute approximate surface area is 292 Å². The highest BCUT2D eigenvalue weighted by Crippen LogP contribution is 2.32. The molecule has 1 aliphatic rings. The van der Waals surface area contributed by atoms with E-state index in [4.69, 9.17) is 18.9 Å². The highest BCUT2D eigenvalue weighted by molar-refractivity contribution is 6.03. The van der Waals surface area contributed by atoms with Gasteiger partial charge in [0.1, 0.15) is 42.2 Å². The van der Waals surface area contributed by atoms with Crippen LogP contribution in [-0.4, -0.2) is 84.3 Å². The molecule has 3 aromatic rings. The minimum atomic E-state index is -2.12. The van der Waals surface area contributed by atoms with Gasteiger partial charge in [-0.1, -0.05) is 30.0 Å². The smallest absolute Gasteiger partial charge is 0.352 e. The van der Waals surface area contributed by atoms with E-state index < -0.39 is 59.4 Å². The molecule has 15 heteroatoms. The number of para-hydroxylation sites is 1. The van der Waals surface area contributed by atoms with Gasteiger partial charge < -0.3 is 39.0 Å². The van der Waals surface area contributed by atoms with Crippen molar-refractivity contribution in [2.45, 2.75) is 45.9 Å². The van der Waals surface area contributed by atoms with Gasteiger partial charge in [-0.15, -0.1) is 0 Å². The van der Waals surface area contributed by atoms with Crippen LogP contribution in [-0.2, 0) is 38.2 Å². The van der Waals surface area contributed by atoms with Crippen molar-refractivity contribution in [2.75, 3.05) is 25.2 Å². The van der Waals surface area contributed by atoms with Crippen molar-refractivity contribution in [3.05, 3.63) is 78.1 Å². The van der Waals surface area contributed by atoms with Crippen molar-refractivity contribution >= 4 is 41.4 Å². The maximum absolute atomic E-state index is 13.4. The molecule has 15 nitrogen and oxygen atoms in total. The number of benzene rings is 2. The lowest BCUT2D eigenvalue weighted by Gasteiger charge is -2.24. The fraction of sp³-hybridized carbons (Fsp3) is 0.306. The van der Waals surface area contributed by atoms with Crippen LogP contribution in [0, 0.1) is 17.3 Å². The Morgan fingerprint density at radius 2 is 1.69 bits per heavy atom. The number of amides is 2. The van der Waals surface area contributed by atoms with Crippen LogP contribution in [0.2, 0.25) is 0 Å². The molecule has 0 aliphatic carbocycles. The summed E-state index contributed by atoms with van der Waals surface area (Å²) >= 11 is 0. The van der Waals surface area contributed by atoms with Crippen LogP contribution >= 0.6 is 0 Å². The summed E-state index contributed by atoms with van der Waals surface area (Å²) < 4.78 is 26.4. The standard InChI is InChI=1S/C36H35N3O12/c1-21(40)49-30(34(44)45)31(50-22(2)41)35(46)48-20-36(3,4)15-13-23-11-12-29-28(17-23)39(5)33(43)27(19-47-29)38-32(42)26-18-25(14-16-37-26)51-24-9-7-6-8-10-24/h6-12,14,16-18,27,30-31H,19-20H2,1-5H3,(H,38,42)(H,44,45)/t27-,30-,31-/m1/s1. The number of carboxylic acid groups (broad SMARTS) is 1. The first-order valence-electron chi connectivity index (χ1n) is 15.4. The lowest BCUT2D eigenvalue weighted by Crippen LogP contribution is -2.49. The summed E-state index contributed by atoms with van der Waals surface area (Å²) in [5, 5.41) is 12.1. The summed E-state index contributed by atoms with van der Waals surface area (Å²) in [6.45, 7) is 4.67. The molecule has 51 heavy (non-hydrogen) atoms. The van der Waals surface area contributed by atoms with E-state index in [1.807, 2.05) is 18.2 Å². The molecule has 2 heterocycles. The molecule has 0 fully saturated rings. The van der Waals surface area contributed by atoms with Crippen molar-refractivity contribution in [1.82, 2.24) is 10.3 Å². The zero-order chi connectivity index (χ0) is 37.3. The van der Waals surface area contributed by atoms with E-state index in [1.54, 1.807) is 50.2 Å². The topological polar surface area (TPSA) is 197 Å². The third kappa shape index (κ3) is 10.3. The molecule has 266 valence electrons. The number of nitrogens with one attached hydrogen (secondary N) is 1. The Hall–Kier alpha value is -6.43. The predicted octanol–water partition coefficient (Wildman–Crippen LogP) is 2.90. The Kier molecular flexibility index (Phi) is 12.0. The van der Waals surface area contributed by atoms with E-state index in [0.29, 0.717) is 28.5 Å². The molecule has 1 aliphatic heterocycles. The molecular formula is C36H35N3O12. The van der Waals surface area contributed by atoms with E-state index in [2.05, 4.69) is 26.9 Å². The molecule has 2 N–H and O–H groups in total. The van der Waals surface area contributed by atoms with Gasteiger partial charge in [0, 0.05) is 38.7 Å². The van der Waals surface area contributed by atoms with Gasteiger partial charge in [-0.2, -0.15) is 0 Å². The molecule has 1 aromatic heterocycles. The number of pyridine rings is 1. The molecule has 2 amide bonds. The number of esters is 3. The molecular weight excluding hydrogens is 666 g/mol. The average Bonchev–Trinajstić information content (AvgIpc) is 3.20. The number of carboxylic acids is 1. The molecule has 2 aromatic carbocycles. The van der Waals surface area contributed by atoms with Crippen LogP contribution in [0.1, 0.15) is 43.7 Å². The number of ether oxygens (including phenoxy) is 5. The lowest BCUT2D eigenvalue weighted by atomic mass is 9.95. The summed E-state index contributed by atoms with van der Waals surface area (Å²) in [6.07, 6.45) is -2.74. The van der Waals surface area contributed by atoms with Crippen molar-refractivity contribution in [2.24, 2.45) is 5.41 Å². The molecule has 0 bridgehead atoms. The summed E-state index contributed by atoms with van der Waals surface area (Å²) in [6, 6.07) is 15.9. The largest absolute Gasteiger partial charge is 0.489 e. The number of nitrogens with zero attached hydrogens (tertiary/aromatic N) is 2. The quantitative estimate of drug-likeness (QED) is 0.168. The maximum atomic E-state index is 13.4. The molecule has 0 unspecified atom stereocenters. The van der Waals surface area contributed by atoms with E-state index in [0.717, 1.165) is 13.8 Å². The normalized spacial score (nSPS) is 14.9. The number of hydrogen-bond acceptors (Lipinski definition) is 12. The van der Waals surface area contributed by atoms with Gasteiger partial charge in [0.25, 0.3) is 11.8 Å². The van der Waals surface area contributed by atoms with Gasteiger partial charge in [-0.25, -0.2) is 9.59 Å². The highest BCUT2D eigenvalue weighted by atomic mass is 16.6. The molecule has 0 saturated carbocycles. The molecule has 3 atom stereocenters. The number of carbonyl (C=O) groups is 6. The number of aromatic nitrogens is 1. The first kappa shape index (κ1) is 37.4. The minimum absolute atomic E-state index is 0.0412. The van der Waals surface area contributed by atoms with Crippen LogP contribution in [0.4, 0.5) is 5.69 Å². The van der Waals surface area contributed by atoms with E-state index >= 15 is 0 Å². The Morgan fingerprint density at radius 3 is 2.35 bits per heavy atom. The monoisotopic (exact) mass is 701 g/mol. The van der Waals surface area contributed by atoms with E-state index in [-0.39, 0.29) is 18.9 Å². The van der Waals surface area contributed by atoms with Crippen LogP contribution in [0.3, 0.4) is 0 Å². The fourth-order valence-electron chi connectivity index (χ4n) is 4.58. The van der Waals surface area contributed by atoms with Gasteiger partial charge in [-0.05, 0) is 50.2 Å². The van der Waals surface area contributed by atoms with Crippen molar-refractivity contribution in [3.63, 3.8) is 0 Å². The van der Waals surface area contributed by atoms with Crippen LogP contribution in [0.5, 0.6) is 17.2 Å². The van der Waals surface area contributed by atoms with Gasteiger partial charge >= 0.3 is 23.9 Å².